The summed E-state index contributed by atoms with van der Waals surface area (Å²) >= 11 is 0. The van der Waals surface area contributed by atoms with Crippen LogP contribution in [0.5, 0.6) is 0 Å². The Kier molecular flexibility index (Phi) is 9.70. The molecule has 0 bridgehead atoms. The summed E-state index contributed by atoms with van der Waals surface area (Å²) in [6.45, 7) is 6.15. The minimum absolute atomic E-state index is 0.690. The molecule has 0 atom stereocenters. The van der Waals surface area contributed by atoms with Crippen molar-refractivity contribution in [1.82, 2.24) is 10.8 Å². The molecule has 0 aliphatic heterocycles. The lowest BCUT2D eigenvalue weighted by Crippen LogP contribution is -2.30. The van der Waals surface area contributed by atoms with Crippen LogP contribution in [-0.2, 0) is 4.84 Å². The van der Waals surface area contributed by atoms with Crippen LogP contribution in [0.2, 0.25) is 0 Å². The second-order valence-corrected chi connectivity index (χ2v) is 2.28. The van der Waals surface area contributed by atoms with Gasteiger partial charge in [0.1, 0.15) is 0 Å². The molecule has 0 fully saturated rings. The Morgan fingerprint density at radius 2 is 2.09 bits per heavy atom. The molecular weight excluding hydrogens is 142 g/mol. The summed E-state index contributed by atoms with van der Waals surface area (Å²) in [5.74, 6) is 0. The van der Waals surface area contributed by atoms with Crippen LogP contribution < -0.4 is 16.5 Å². The normalized spacial score (nSPS) is 10.4. The first kappa shape index (κ1) is 10.8. The Hall–Kier alpha value is -0.160. The second kappa shape index (κ2) is 9.84. The highest BCUT2D eigenvalue weighted by Crippen LogP contribution is 1.73. The molecule has 4 nitrogen and oxygen atoms in total. The van der Waals surface area contributed by atoms with Gasteiger partial charge in [-0.25, -0.2) is 5.48 Å². The smallest absolute Gasteiger partial charge is 0.0679 e. The standard InChI is InChI=1S/C7H19N3O/c1-2-7-11-10-6-5-9-4-3-8/h9-10H,2-8H2,1H3. The molecule has 4 heteroatoms. The molecule has 0 saturated heterocycles. The van der Waals surface area contributed by atoms with Gasteiger partial charge in [-0.05, 0) is 6.42 Å². The van der Waals surface area contributed by atoms with Crippen molar-refractivity contribution in [3.05, 3.63) is 0 Å². The SMILES string of the molecule is CCCONCCNCCN. The van der Waals surface area contributed by atoms with Gasteiger partial charge < -0.3 is 15.9 Å². The first-order valence-corrected chi connectivity index (χ1v) is 4.17. The van der Waals surface area contributed by atoms with Crippen molar-refractivity contribution in [2.24, 2.45) is 5.73 Å². The molecule has 0 aliphatic carbocycles. The van der Waals surface area contributed by atoms with E-state index in [9.17, 15) is 0 Å². The third-order valence-corrected chi connectivity index (χ3v) is 1.13. The first-order chi connectivity index (χ1) is 5.41. The number of hydroxylamine groups is 1. The molecule has 0 aliphatic rings. The number of hydrogen-bond acceptors (Lipinski definition) is 4. The number of rotatable bonds is 8. The molecule has 0 amide bonds. The van der Waals surface area contributed by atoms with Gasteiger partial charge >= 0.3 is 0 Å². The zero-order valence-corrected chi connectivity index (χ0v) is 7.23. The summed E-state index contributed by atoms with van der Waals surface area (Å²) in [6.07, 6.45) is 1.04. The van der Waals surface area contributed by atoms with E-state index in [2.05, 4.69) is 17.7 Å². The lowest BCUT2D eigenvalue weighted by atomic mass is 10.5. The fraction of sp³-hybridized carbons (Fsp3) is 1.00. The van der Waals surface area contributed by atoms with E-state index >= 15 is 0 Å². The predicted molar refractivity (Wildman–Crippen MR) is 46.2 cm³/mol. The van der Waals surface area contributed by atoms with Crippen LogP contribution >= 0.6 is 0 Å². The number of nitrogens with two attached hydrogens (primary N) is 1. The highest BCUT2D eigenvalue weighted by molar-refractivity contribution is 4.46. The van der Waals surface area contributed by atoms with Crippen molar-refractivity contribution in [3.8, 4) is 0 Å². The highest BCUT2D eigenvalue weighted by Gasteiger charge is 1.85. The van der Waals surface area contributed by atoms with Crippen molar-refractivity contribution < 1.29 is 4.84 Å². The van der Waals surface area contributed by atoms with Gasteiger partial charge in [0.05, 0.1) is 6.61 Å². The van der Waals surface area contributed by atoms with Crippen molar-refractivity contribution in [3.63, 3.8) is 0 Å². The van der Waals surface area contributed by atoms with E-state index in [0.29, 0.717) is 6.54 Å². The lowest BCUT2D eigenvalue weighted by molar-refractivity contribution is 0.0425. The molecule has 0 spiro atoms. The van der Waals surface area contributed by atoms with Crippen molar-refractivity contribution in [1.29, 1.82) is 0 Å². The van der Waals surface area contributed by atoms with Crippen LogP contribution in [0.15, 0.2) is 0 Å². The average Bonchev–Trinajstić information content (AvgIpc) is 2.03. The molecule has 0 aromatic carbocycles. The molecule has 11 heavy (non-hydrogen) atoms. The quantitative estimate of drug-likeness (QED) is 0.331. The van der Waals surface area contributed by atoms with E-state index in [0.717, 1.165) is 32.7 Å². The molecule has 0 aromatic heterocycles. The zero-order chi connectivity index (χ0) is 8.36. The highest BCUT2D eigenvalue weighted by atomic mass is 16.6. The largest absolute Gasteiger partial charge is 0.329 e. The molecular formula is C7H19N3O. The molecule has 0 heterocycles. The van der Waals surface area contributed by atoms with Gasteiger partial charge in [-0.3, -0.25) is 0 Å². The Balaban J connectivity index is 2.69. The zero-order valence-electron chi connectivity index (χ0n) is 7.23. The lowest BCUT2D eigenvalue weighted by Gasteiger charge is -2.04. The monoisotopic (exact) mass is 161 g/mol. The van der Waals surface area contributed by atoms with Crippen LogP contribution in [0.3, 0.4) is 0 Å². The van der Waals surface area contributed by atoms with Crippen molar-refractivity contribution in [2.45, 2.75) is 13.3 Å². The van der Waals surface area contributed by atoms with Crippen LogP contribution in [0.25, 0.3) is 0 Å². The Labute approximate surface area is 68.4 Å². The minimum Gasteiger partial charge on any atom is -0.329 e. The average molecular weight is 161 g/mol. The molecule has 0 aromatic rings. The van der Waals surface area contributed by atoms with E-state index in [1.807, 2.05) is 0 Å². The van der Waals surface area contributed by atoms with Gasteiger partial charge in [0.15, 0.2) is 0 Å². The van der Waals surface area contributed by atoms with E-state index in [1.165, 1.54) is 0 Å². The van der Waals surface area contributed by atoms with E-state index in [1.54, 1.807) is 0 Å². The Morgan fingerprint density at radius 1 is 1.27 bits per heavy atom. The second-order valence-electron chi connectivity index (χ2n) is 2.28. The van der Waals surface area contributed by atoms with E-state index < -0.39 is 0 Å². The number of hydrogen-bond donors (Lipinski definition) is 3. The Morgan fingerprint density at radius 3 is 2.73 bits per heavy atom. The maximum absolute atomic E-state index is 5.28. The minimum atomic E-state index is 0.690. The van der Waals surface area contributed by atoms with Gasteiger partial charge in [-0.2, -0.15) is 0 Å². The number of nitrogens with one attached hydrogen (secondary N) is 2. The molecule has 68 valence electrons. The van der Waals surface area contributed by atoms with Gasteiger partial charge in [-0.1, -0.05) is 6.92 Å². The van der Waals surface area contributed by atoms with Crippen LogP contribution in [0.1, 0.15) is 13.3 Å². The van der Waals surface area contributed by atoms with Gasteiger partial charge in [0.25, 0.3) is 0 Å². The summed E-state index contributed by atoms with van der Waals surface area (Å²) < 4.78 is 0. The molecule has 0 unspecified atom stereocenters. The molecule has 0 rings (SSSR count). The summed E-state index contributed by atoms with van der Waals surface area (Å²) in [4.78, 5) is 5.04. The van der Waals surface area contributed by atoms with Gasteiger partial charge in [0.2, 0.25) is 0 Å². The Bertz CT molecular complexity index is 62.7. The van der Waals surface area contributed by atoms with Crippen LogP contribution in [0.4, 0.5) is 0 Å². The maximum atomic E-state index is 5.28. The summed E-state index contributed by atoms with van der Waals surface area (Å²) in [5, 5.41) is 3.14. The van der Waals surface area contributed by atoms with E-state index in [-0.39, 0.29) is 0 Å². The van der Waals surface area contributed by atoms with Crippen LogP contribution in [-0.4, -0.2) is 32.8 Å². The third-order valence-electron chi connectivity index (χ3n) is 1.13. The van der Waals surface area contributed by atoms with E-state index in [4.69, 9.17) is 10.6 Å². The fourth-order valence-corrected chi connectivity index (χ4v) is 0.613. The maximum Gasteiger partial charge on any atom is 0.0679 e. The van der Waals surface area contributed by atoms with Crippen molar-refractivity contribution >= 4 is 0 Å². The fourth-order valence-electron chi connectivity index (χ4n) is 0.613. The first-order valence-electron chi connectivity index (χ1n) is 4.17. The third kappa shape index (κ3) is 9.84. The summed E-state index contributed by atoms with van der Waals surface area (Å²) in [6, 6.07) is 0. The molecule has 0 saturated carbocycles. The molecule has 4 N–H and O–H groups in total. The predicted octanol–water partition coefficient (Wildman–Crippen LogP) is -0.534. The van der Waals surface area contributed by atoms with Crippen molar-refractivity contribution in [2.75, 3.05) is 32.8 Å². The topological polar surface area (TPSA) is 59.3 Å². The summed E-state index contributed by atoms with van der Waals surface area (Å²) in [5.41, 5.74) is 8.12. The van der Waals surface area contributed by atoms with Gasteiger partial charge in [-0.15, -0.1) is 0 Å². The summed E-state index contributed by atoms with van der Waals surface area (Å²) in [7, 11) is 0. The van der Waals surface area contributed by atoms with Crippen LogP contribution in [0, 0.1) is 0 Å². The molecule has 0 radical (unpaired) electrons. The van der Waals surface area contributed by atoms with Gasteiger partial charge in [0, 0.05) is 26.2 Å².